The van der Waals surface area contributed by atoms with Crippen LogP contribution in [0.15, 0.2) is 60.7 Å². The number of hydrogen-bond donors (Lipinski definition) is 1. The number of esters is 2. The Labute approximate surface area is 237 Å². The van der Waals surface area contributed by atoms with Crippen LogP contribution in [0.3, 0.4) is 0 Å². The van der Waals surface area contributed by atoms with E-state index in [1.54, 1.807) is 0 Å². The maximum absolute atomic E-state index is 14.3. The smallest absolute Gasteiger partial charge is 0.360 e. The van der Waals surface area contributed by atoms with Gasteiger partial charge in [0.05, 0.1) is 25.2 Å². The fourth-order valence-corrected chi connectivity index (χ4v) is 7.57. The fraction of sp³-hybridized carbons (Fsp3) is 0.545. The van der Waals surface area contributed by atoms with Crippen molar-refractivity contribution in [1.29, 1.82) is 0 Å². The summed E-state index contributed by atoms with van der Waals surface area (Å²) in [5.41, 5.74) is -0.551. The van der Waals surface area contributed by atoms with Gasteiger partial charge in [0, 0.05) is 62.5 Å². The van der Waals surface area contributed by atoms with Crippen LogP contribution < -0.4 is 0 Å². The molecule has 214 valence electrons. The van der Waals surface area contributed by atoms with Crippen molar-refractivity contribution in [2.24, 2.45) is 0 Å². The molecule has 3 aliphatic rings. The minimum absolute atomic E-state index is 0.129. The standard InChI is InChI=1S/C33H41NO6/c35-30(36)17-9-1-2-10-18-31(37)40-33(25-13-5-3-6-14-25,26-15-7-4-8-16-26)32(38)39-29-23-27-19-20-28(24-29)34(27)21-11-12-22-34/h3-8,13-16,27-29H,1-2,9-12,17-24H2/p+1. The van der Waals surface area contributed by atoms with Gasteiger partial charge in [-0.3, -0.25) is 9.59 Å². The summed E-state index contributed by atoms with van der Waals surface area (Å²) in [6.45, 7) is 2.50. The number of ether oxygens (including phenoxy) is 2. The number of quaternary nitrogens is 1. The van der Waals surface area contributed by atoms with E-state index in [0.29, 0.717) is 36.1 Å². The molecule has 2 aromatic rings. The van der Waals surface area contributed by atoms with Crippen molar-refractivity contribution in [2.45, 2.75) is 101 Å². The van der Waals surface area contributed by atoms with Crippen molar-refractivity contribution >= 4 is 17.9 Å². The number of piperidine rings is 1. The summed E-state index contributed by atoms with van der Waals surface area (Å²) in [4.78, 5) is 38.4. The van der Waals surface area contributed by atoms with Crippen LogP contribution in [-0.2, 0) is 29.5 Å². The fourth-order valence-electron chi connectivity index (χ4n) is 7.57. The number of unbranched alkanes of at least 4 members (excludes halogenated alkanes) is 3. The van der Waals surface area contributed by atoms with Crippen LogP contribution in [0.2, 0.25) is 0 Å². The molecule has 5 rings (SSSR count). The van der Waals surface area contributed by atoms with Crippen LogP contribution in [0, 0.1) is 0 Å². The predicted octanol–water partition coefficient (Wildman–Crippen LogP) is 5.75. The highest BCUT2D eigenvalue weighted by Crippen LogP contribution is 2.47. The number of hydrogen-bond acceptors (Lipinski definition) is 5. The number of aliphatic carboxylic acids is 1. The molecule has 1 N–H and O–H groups in total. The van der Waals surface area contributed by atoms with E-state index in [0.717, 1.165) is 25.7 Å². The van der Waals surface area contributed by atoms with Crippen LogP contribution in [0.5, 0.6) is 0 Å². The molecule has 7 heteroatoms. The van der Waals surface area contributed by atoms with Crippen molar-refractivity contribution in [1.82, 2.24) is 0 Å². The number of rotatable bonds is 12. The Morgan fingerprint density at radius 3 is 1.82 bits per heavy atom. The van der Waals surface area contributed by atoms with E-state index in [9.17, 15) is 14.4 Å². The molecule has 3 fully saturated rings. The van der Waals surface area contributed by atoms with E-state index < -0.39 is 23.5 Å². The van der Waals surface area contributed by atoms with Crippen molar-refractivity contribution in [3.8, 4) is 0 Å². The molecular weight excluding hydrogens is 506 g/mol. The molecule has 0 radical (unpaired) electrons. The molecule has 3 saturated heterocycles. The molecule has 0 saturated carbocycles. The third-order valence-electron chi connectivity index (χ3n) is 9.47. The van der Waals surface area contributed by atoms with E-state index >= 15 is 0 Å². The first-order chi connectivity index (χ1) is 19.4. The largest absolute Gasteiger partial charge is 0.481 e. The second-order valence-electron chi connectivity index (χ2n) is 11.8. The summed E-state index contributed by atoms with van der Waals surface area (Å²) in [6, 6.07) is 19.5. The average molecular weight is 549 g/mol. The van der Waals surface area contributed by atoms with Crippen LogP contribution in [0.1, 0.15) is 88.2 Å². The van der Waals surface area contributed by atoms with Crippen molar-refractivity contribution in [3.63, 3.8) is 0 Å². The normalized spacial score (nSPS) is 23.1. The lowest BCUT2D eigenvalue weighted by Crippen LogP contribution is -2.60. The number of nitrogens with zero attached hydrogens (tertiary/aromatic N) is 1. The van der Waals surface area contributed by atoms with Gasteiger partial charge >= 0.3 is 17.9 Å². The van der Waals surface area contributed by atoms with E-state index in [1.165, 1.54) is 43.3 Å². The highest BCUT2D eigenvalue weighted by Gasteiger charge is 2.57. The zero-order valence-corrected chi connectivity index (χ0v) is 23.3. The second-order valence-corrected chi connectivity index (χ2v) is 11.8. The summed E-state index contributed by atoms with van der Waals surface area (Å²) in [6.07, 6.45) is 9.40. The van der Waals surface area contributed by atoms with Gasteiger partial charge in [-0.2, -0.15) is 0 Å². The Morgan fingerprint density at radius 2 is 1.30 bits per heavy atom. The zero-order valence-electron chi connectivity index (χ0n) is 23.3. The Kier molecular flexibility index (Phi) is 8.89. The summed E-state index contributed by atoms with van der Waals surface area (Å²) < 4.78 is 13.8. The summed E-state index contributed by atoms with van der Waals surface area (Å²) in [7, 11) is 0. The molecule has 0 aliphatic carbocycles. The Hall–Kier alpha value is -3.19. The van der Waals surface area contributed by atoms with Crippen LogP contribution in [0.25, 0.3) is 0 Å². The molecule has 0 aromatic heterocycles. The third-order valence-corrected chi connectivity index (χ3v) is 9.47. The maximum Gasteiger partial charge on any atom is 0.360 e. The molecule has 2 aromatic carbocycles. The molecule has 1 spiro atoms. The van der Waals surface area contributed by atoms with Gasteiger partial charge in [-0.1, -0.05) is 73.5 Å². The van der Waals surface area contributed by atoms with Crippen LogP contribution in [-0.4, -0.2) is 58.8 Å². The van der Waals surface area contributed by atoms with E-state index in [1.807, 2.05) is 60.7 Å². The minimum Gasteiger partial charge on any atom is -0.481 e. The lowest BCUT2D eigenvalue weighted by atomic mass is 9.85. The van der Waals surface area contributed by atoms with Gasteiger partial charge < -0.3 is 19.1 Å². The van der Waals surface area contributed by atoms with E-state index in [-0.39, 0.29) is 18.9 Å². The molecule has 2 atom stereocenters. The number of carboxylic acids is 1. The first kappa shape index (κ1) is 28.3. The van der Waals surface area contributed by atoms with Gasteiger partial charge in [0.1, 0.15) is 6.10 Å². The monoisotopic (exact) mass is 548 g/mol. The van der Waals surface area contributed by atoms with Crippen molar-refractivity contribution in [2.75, 3.05) is 13.1 Å². The van der Waals surface area contributed by atoms with Gasteiger partial charge in [-0.25, -0.2) is 4.79 Å². The van der Waals surface area contributed by atoms with Crippen LogP contribution in [0.4, 0.5) is 0 Å². The van der Waals surface area contributed by atoms with Gasteiger partial charge in [0.2, 0.25) is 0 Å². The van der Waals surface area contributed by atoms with Gasteiger partial charge in [0.25, 0.3) is 5.60 Å². The summed E-state index contributed by atoms with van der Waals surface area (Å²) >= 11 is 0. The number of carbonyl (C=O) groups is 3. The molecule has 7 nitrogen and oxygen atoms in total. The van der Waals surface area contributed by atoms with Gasteiger partial charge in [-0.05, 0) is 12.8 Å². The topological polar surface area (TPSA) is 89.9 Å². The first-order valence-electron chi connectivity index (χ1n) is 15.1. The molecular formula is C33H42NO6+. The number of carbonyl (C=O) groups excluding carboxylic acids is 2. The van der Waals surface area contributed by atoms with Gasteiger partial charge in [0.15, 0.2) is 0 Å². The Morgan fingerprint density at radius 1 is 0.775 bits per heavy atom. The Balaban J connectivity index is 1.36. The average Bonchev–Trinajstić information content (AvgIpc) is 3.51. The highest BCUT2D eigenvalue weighted by molar-refractivity contribution is 5.89. The molecule has 3 aliphatic heterocycles. The summed E-state index contributed by atoms with van der Waals surface area (Å²) in [5.74, 6) is -1.80. The molecule has 2 unspecified atom stereocenters. The molecule has 0 amide bonds. The van der Waals surface area contributed by atoms with Crippen molar-refractivity contribution < 1.29 is 33.4 Å². The molecule has 40 heavy (non-hydrogen) atoms. The third kappa shape index (κ3) is 5.80. The van der Waals surface area contributed by atoms with Crippen LogP contribution >= 0.6 is 0 Å². The van der Waals surface area contributed by atoms with Crippen molar-refractivity contribution in [3.05, 3.63) is 71.8 Å². The SMILES string of the molecule is O=C(O)CCCCCCC(=O)OC(C(=O)OC1CC2CCC(C1)[N+]21CCCC1)(c1ccccc1)c1ccccc1. The summed E-state index contributed by atoms with van der Waals surface area (Å²) in [5, 5.41) is 8.84. The zero-order chi connectivity index (χ0) is 28.0. The molecule has 2 bridgehead atoms. The van der Waals surface area contributed by atoms with Gasteiger partial charge in [-0.15, -0.1) is 0 Å². The number of benzene rings is 2. The second kappa shape index (κ2) is 12.5. The van der Waals surface area contributed by atoms with E-state index in [4.69, 9.17) is 14.6 Å². The maximum atomic E-state index is 14.3. The quantitative estimate of drug-likeness (QED) is 0.207. The first-order valence-corrected chi connectivity index (χ1v) is 15.1. The highest BCUT2D eigenvalue weighted by atomic mass is 16.6. The van der Waals surface area contributed by atoms with E-state index in [2.05, 4.69) is 0 Å². The predicted molar refractivity (Wildman–Crippen MR) is 150 cm³/mol. The lowest BCUT2D eigenvalue weighted by Gasteiger charge is -2.47. The lowest BCUT2D eigenvalue weighted by molar-refractivity contribution is -0.956. The minimum atomic E-state index is -1.70. The Bertz CT molecular complexity index is 1100. The number of carboxylic acid groups (broad SMARTS) is 1. The molecule has 3 heterocycles.